The molecule has 0 radical (unpaired) electrons. The van der Waals surface area contributed by atoms with Gasteiger partial charge in [-0.05, 0) is 38.8 Å². The zero-order valence-corrected chi connectivity index (χ0v) is 18.9. The summed E-state index contributed by atoms with van der Waals surface area (Å²) in [5.74, 6) is 2.05. The van der Waals surface area contributed by atoms with Gasteiger partial charge in [-0.3, -0.25) is 4.98 Å². The summed E-state index contributed by atoms with van der Waals surface area (Å²) in [7, 11) is 0. The van der Waals surface area contributed by atoms with E-state index in [0.717, 1.165) is 64.6 Å². The number of pyridine rings is 1. The highest BCUT2D eigenvalue weighted by atomic mass is 16.5. The van der Waals surface area contributed by atoms with Crippen LogP contribution in [0.3, 0.4) is 0 Å². The van der Waals surface area contributed by atoms with Crippen LogP contribution in [0.2, 0.25) is 0 Å². The molecule has 1 unspecified atom stereocenters. The third kappa shape index (κ3) is 3.24. The van der Waals surface area contributed by atoms with E-state index in [1.807, 2.05) is 33.2 Å². The van der Waals surface area contributed by atoms with Crippen molar-refractivity contribution < 1.29 is 9.26 Å². The second-order valence-corrected chi connectivity index (χ2v) is 8.86. The molecule has 2 aliphatic rings. The van der Waals surface area contributed by atoms with Crippen LogP contribution in [0.25, 0.3) is 16.9 Å². The van der Waals surface area contributed by atoms with Crippen LogP contribution in [-0.2, 0) is 17.7 Å². The number of aryl methyl sites for hydroxylation is 3. The molecule has 0 saturated carbocycles. The van der Waals surface area contributed by atoms with Crippen molar-refractivity contribution in [1.82, 2.24) is 29.3 Å². The molecular weight excluding hydrogens is 422 g/mol. The summed E-state index contributed by atoms with van der Waals surface area (Å²) in [5, 5.41) is 8.60. The maximum absolute atomic E-state index is 12.9. The fourth-order valence-electron chi connectivity index (χ4n) is 4.92. The summed E-state index contributed by atoms with van der Waals surface area (Å²) in [6.07, 6.45) is 5.36. The van der Waals surface area contributed by atoms with Crippen LogP contribution < -0.4 is 10.6 Å². The normalized spacial score (nSPS) is 18.3. The molecular formula is C23H25N7O3. The van der Waals surface area contributed by atoms with E-state index in [0.29, 0.717) is 25.5 Å². The molecule has 0 amide bonds. The van der Waals surface area contributed by atoms with E-state index in [-0.39, 0.29) is 11.7 Å². The molecule has 0 bridgehead atoms. The first-order valence-electron chi connectivity index (χ1n) is 11.2. The largest absolute Gasteiger partial charge is 0.379 e. The summed E-state index contributed by atoms with van der Waals surface area (Å²) in [6.45, 7) is 8.50. The molecule has 0 aromatic carbocycles. The Morgan fingerprint density at radius 2 is 2.09 bits per heavy atom. The molecule has 0 N–H and O–H groups in total. The number of aromatic nitrogens is 6. The van der Waals surface area contributed by atoms with E-state index in [1.165, 1.54) is 9.08 Å². The predicted octanol–water partition coefficient (Wildman–Crippen LogP) is 2.39. The number of rotatable bonds is 3. The smallest absolute Gasteiger partial charge is 0.351 e. The van der Waals surface area contributed by atoms with Crippen LogP contribution in [0.5, 0.6) is 0 Å². The van der Waals surface area contributed by atoms with Crippen molar-refractivity contribution >= 4 is 11.6 Å². The quantitative estimate of drug-likeness (QED) is 0.472. The van der Waals surface area contributed by atoms with Crippen molar-refractivity contribution in [3.63, 3.8) is 0 Å². The van der Waals surface area contributed by atoms with E-state index >= 15 is 0 Å². The van der Waals surface area contributed by atoms with Gasteiger partial charge < -0.3 is 14.2 Å². The van der Waals surface area contributed by atoms with Gasteiger partial charge in [0, 0.05) is 60.9 Å². The number of nitrogens with zero attached hydrogens (tertiary/aromatic N) is 7. The Bertz CT molecular complexity index is 1410. The van der Waals surface area contributed by atoms with Crippen molar-refractivity contribution in [3.05, 3.63) is 57.2 Å². The number of anilines is 1. The highest BCUT2D eigenvalue weighted by molar-refractivity contribution is 5.68. The van der Waals surface area contributed by atoms with E-state index in [1.54, 1.807) is 0 Å². The van der Waals surface area contributed by atoms with Crippen LogP contribution in [0.1, 0.15) is 40.7 Å². The van der Waals surface area contributed by atoms with E-state index in [9.17, 15) is 4.79 Å². The SMILES string of the molecule is Cc1cn2c(=O)n(C3CCOC3)nc2nc1N1CCc2ncc(-c3c(C)noc3C)cc2C1. The minimum Gasteiger partial charge on any atom is -0.379 e. The lowest BCUT2D eigenvalue weighted by atomic mass is 9.99. The van der Waals surface area contributed by atoms with E-state index < -0.39 is 0 Å². The van der Waals surface area contributed by atoms with Gasteiger partial charge >= 0.3 is 5.69 Å². The first kappa shape index (κ1) is 20.1. The van der Waals surface area contributed by atoms with Gasteiger partial charge in [-0.1, -0.05) is 5.16 Å². The van der Waals surface area contributed by atoms with Gasteiger partial charge in [-0.15, -0.1) is 5.10 Å². The van der Waals surface area contributed by atoms with Gasteiger partial charge in [0.2, 0.25) is 0 Å². The van der Waals surface area contributed by atoms with Crippen LogP contribution in [0.15, 0.2) is 27.8 Å². The lowest BCUT2D eigenvalue weighted by molar-refractivity contribution is 0.184. The van der Waals surface area contributed by atoms with Crippen molar-refractivity contribution in [2.45, 2.75) is 46.2 Å². The first-order chi connectivity index (χ1) is 16.0. The Kier molecular flexibility index (Phi) is 4.58. The number of fused-ring (bicyclic) bond motifs is 2. The Labute approximate surface area is 189 Å². The molecule has 170 valence electrons. The number of hydrogen-bond acceptors (Lipinski definition) is 8. The molecule has 10 heteroatoms. The first-order valence-corrected chi connectivity index (χ1v) is 11.2. The highest BCUT2D eigenvalue weighted by Gasteiger charge is 2.25. The summed E-state index contributed by atoms with van der Waals surface area (Å²) in [5.41, 5.74) is 5.90. The van der Waals surface area contributed by atoms with E-state index in [4.69, 9.17) is 19.2 Å². The number of hydrogen-bond donors (Lipinski definition) is 0. The number of ether oxygens (including phenoxy) is 1. The monoisotopic (exact) mass is 447 g/mol. The van der Waals surface area contributed by atoms with Gasteiger partial charge in [0.05, 0.1) is 18.3 Å². The molecule has 4 aromatic heterocycles. The minimum absolute atomic E-state index is 0.0290. The summed E-state index contributed by atoms with van der Waals surface area (Å²) in [6, 6.07) is 2.15. The molecule has 1 fully saturated rings. The molecule has 33 heavy (non-hydrogen) atoms. The average molecular weight is 447 g/mol. The van der Waals surface area contributed by atoms with Crippen LogP contribution in [0.4, 0.5) is 5.82 Å². The highest BCUT2D eigenvalue weighted by Crippen LogP contribution is 2.31. The van der Waals surface area contributed by atoms with Crippen molar-refractivity contribution in [2.24, 2.45) is 0 Å². The molecule has 0 aliphatic carbocycles. The zero-order valence-electron chi connectivity index (χ0n) is 18.9. The molecule has 6 heterocycles. The molecule has 1 atom stereocenters. The topological polar surface area (TPSA) is 104 Å². The fraction of sp³-hybridized carbons (Fsp3) is 0.435. The van der Waals surface area contributed by atoms with Crippen LogP contribution >= 0.6 is 0 Å². The summed E-state index contributed by atoms with van der Waals surface area (Å²) < 4.78 is 13.8. The molecule has 2 aliphatic heterocycles. The summed E-state index contributed by atoms with van der Waals surface area (Å²) in [4.78, 5) is 24.6. The van der Waals surface area contributed by atoms with Crippen molar-refractivity contribution in [2.75, 3.05) is 24.7 Å². The van der Waals surface area contributed by atoms with Gasteiger partial charge in [0.1, 0.15) is 11.6 Å². The Morgan fingerprint density at radius 3 is 2.85 bits per heavy atom. The Balaban J connectivity index is 1.36. The van der Waals surface area contributed by atoms with Crippen molar-refractivity contribution in [1.29, 1.82) is 0 Å². The van der Waals surface area contributed by atoms with Crippen molar-refractivity contribution in [3.8, 4) is 11.1 Å². The zero-order chi connectivity index (χ0) is 22.7. The van der Waals surface area contributed by atoms with Gasteiger partial charge in [0.25, 0.3) is 5.78 Å². The molecule has 6 rings (SSSR count). The molecule has 1 saturated heterocycles. The standard InChI is InChI=1S/C23H25N7O3/c1-13-10-29-22(26-30(23(29)31)18-5-7-32-12-18)25-21(13)28-6-4-19-17(11-28)8-16(9-24-19)20-14(2)27-33-15(20)3/h8-10,18H,4-7,11-12H2,1-3H3. The molecule has 4 aromatic rings. The minimum atomic E-state index is -0.167. The third-order valence-corrected chi connectivity index (χ3v) is 6.61. The van der Waals surface area contributed by atoms with Gasteiger partial charge in [-0.25, -0.2) is 13.9 Å². The second kappa shape index (κ2) is 7.51. The summed E-state index contributed by atoms with van der Waals surface area (Å²) >= 11 is 0. The predicted molar refractivity (Wildman–Crippen MR) is 120 cm³/mol. The van der Waals surface area contributed by atoms with Crippen LogP contribution in [-0.4, -0.2) is 49.1 Å². The van der Waals surface area contributed by atoms with Crippen LogP contribution in [0, 0.1) is 20.8 Å². The lowest BCUT2D eigenvalue weighted by Crippen LogP contribution is -2.32. The fourth-order valence-corrected chi connectivity index (χ4v) is 4.92. The average Bonchev–Trinajstić information content (AvgIpc) is 3.53. The molecule has 0 spiro atoms. The van der Waals surface area contributed by atoms with E-state index in [2.05, 4.69) is 21.2 Å². The Morgan fingerprint density at radius 1 is 1.21 bits per heavy atom. The Hall–Kier alpha value is -3.53. The van der Waals surface area contributed by atoms with Gasteiger partial charge in [-0.2, -0.15) is 4.98 Å². The molecule has 10 nitrogen and oxygen atoms in total. The maximum Gasteiger partial charge on any atom is 0.351 e. The van der Waals surface area contributed by atoms with Gasteiger partial charge in [0.15, 0.2) is 0 Å². The third-order valence-electron chi connectivity index (χ3n) is 6.61. The lowest BCUT2D eigenvalue weighted by Gasteiger charge is -2.30. The maximum atomic E-state index is 12.9. The second-order valence-electron chi connectivity index (χ2n) is 8.86.